The third-order valence-electron chi connectivity index (χ3n) is 3.87. The van der Waals surface area contributed by atoms with Crippen LogP contribution in [0, 0.1) is 11.6 Å². The highest BCUT2D eigenvalue weighted by Crippen LogP contribution is 2.35. The highest BCUT2D eigenvalue weighted by Gasteiger charge is 2.15. The van der Waals surface area contributed by atoms with Crippen LogP contribution in [0.4, 0.5) is 8.78 Å². The number of hydrogen-bond acceptors (Lipinski definition) is 2. The molecule has 0 unspecified atom stereocenters. The van der Waals surface area contributed by atoms with E-state index in [4.69, 9.17) is 4.74 Å². The van der Waals surface area contributed by atoms with E-state index < -0.39 is 11.6 Å². The molecule has 122 valence electrons. The van der Waals surface area contributed by atoms with E-state index in [1.807, 2.05) is 54.6 Å². The van der Waals surface area contributed by atoms with E-state index in [9.17, 15) is 8.78 Å². The zero-order valence-corrected chi connectivity index (χ0v) is 13.1. The molecule has 0 aliphatic rings. The maximum atomic E-state index is 14.0. The Bertz CT molecular complexity index is 1050. The Labute approximate surface area is 143 Å². The number of pyridine rings is 1. The maximum absolute atomic E-state index is 14.0. The van der Waals surface area contributed by atoms with Gasteiger partial charge in [-0.3, -0.25) is 0 Å². The van der Waals surface area contributed by atoms with E-state index in [-0.39, 0.29) is 5.75 Å². The van der Waals surface area contributed by atoms with Crippen molar-refractivity contribution in [3.8, 4) is 22.8 Å². The van der Waals surface area contributed by atoms with Crippen molar-refractivity contribution in [1.82, 2.24) is 4.98 Å². The van der Waals surface area contributed by atoms with Gasteiger partial charge in [0.1, 0.15) is 5.69 Å². The van der Waals surface area contributed by atoms with Gasteiger partial charge in [0.25, 0.3) is 0 Å². The molecule has 0 atom stereocenters. The molecule has 4 rings (SSSR count). The van der Waals surface area contributed by atoms with E-state index in [0.717, 1.165) is 22.5 Å². The third kappa shape index (κ3) is 2.94. The molecule has 0 fully saturated rings. The number of nitrogens with zero attached hydrogens (tertiary/aromatic N) is 1. The quantitative estimate of drug-likeness (QED) is 0.460. The summed E-state index contributed by atoms with van der Waals surface area (Å²) in [5.41, 5.74) is 2.21. The fourth-order valence-electron chi connectivity index (χ4n) is 2.66. The maximum Gasteiger partial charge on any atom is 0.201 e. The average Bonchev–Trinajstić information content (AvgIpc) is 2.65. The molecule has 0 amide bonds. The first kappa shape index (κ1) is 15.3. The number of fused-ring (bicyclic) bond motifs is 1. The summed E-state index contributed by atoms with van der Waals surface area (Å²) in [5.74, 6) is -1.77. The Kier molecular flexibility index (Phi) is 3.86. The van der Waals surface area contributed by atoms with Gasteiger partial charge in [-0.25, -0.2) is 9.37 Å². The van der Waals surface area contributed by atoms with Crippen molar-refractivity contribution in [3.05, 3.63) is 90.5 Å². The first-order chi connectivity index (χ1) is 12.2. The van der Waals surface area contributed by atoms with Crippen LogP contribution in [0.5, 0.6) is 11.5 Å². The van der Waals surface area contributed by atoms with Crippen molar-refractivity contribution in [3.63, 3.8) is 0 Å². The zero-order valence-electron chi connectivity index (χ0n) is 13.1. The smallest absolute Gasteiger partial charge is 0.201 e. The SMILES string of the molecule is Fc1cccc(Oc2cc3ccccc3nc2-c2ccccc2)c1F. The third-order valence-corrected chi connectivity index (χ3v) is 3.87. The van der Waals surface area contributed by atoms with Crippen LogP contribution in [0.25, 0.3) is 22.2 Å². The number of para-hydroxylation sites is 1. The van der Waals surface area contributed by atoms with Gasteiger partial charge < -0.3 is 4.74 Å². The predicted molar refractivity (Wildman–Crippen MR) is 93.6 cm³/mol. The monoisotopic (exact) mass is 333 g/mol. The summed E-state index contributed by atoms with van der Waals surface area (Å²) < 4.78 is 33.2. The van der Waals surface area contributed by atoms with E-state index >= 15 is 0 Å². The molecule has 0 aliphatic carbocycles. The standard InChI is InChI=1S/C21H13F2NO/c22-16-10-6-12-18(20(16)23)25-19-13-15-9-4-5-11-17(15)24-21(19)14-7-2-1-3-8-14/h1-13H. The number of ether oxygens (including phenoxy) is 1. The number of halogens is 2. The lowest BCUT2D eigenvalue weighted by atomic mass is 10.1. The van der Waals surface area contributed by atoms with E-state index in [0.29, 0.717) is 11.4 Å². The minimum Gasteiger partial charge on any atom is -0.452 e. The molecular formula is C21H13F2NO. The lowest BCUT2D eigenvalue weighted by molar-refractivity contribution is 0.416. The molecule has 4 aromatic rings. The van der Waals surface area contributed by atoms with Gasteiger partial charge in [0.05, 0.1) is 5.52 Å². The summed E-state index contributed by atoms with van der Waals surface area (Å²) in [4.78, 5) is 4.65. The summed E-state index contributed by atoms with van der Waals surface area (Å²) in [5, 5.41) is 0.856. The summed E-state index contributed by atoms with van der Waals surface area (Å²) in [6.07, 6.45) is 0. The number of rotatable bonds is 3. The van der Waals surface area contributed by atoms with Crippen molar-refractivity contribution >= 4 is 10.9 Å². The summed E-state index contributed by atoms with van der Waals surface area (Å²) in [6.45, 7) is 0. The van der Waals surface area contributed by atoms with Crippen molar-refractivity contribution < 1.29 is 13.5 Å². The van der Waals surface area contributed by atoms with Gasteiger partial charge in [-0.15, -0.1) is 0 Å². The molecule has 0 saturated carbocycles. The van der Waals surface area contributed by atoms with Gasteiger partial charge in [0.15, 0.2) is 17.3 Å². The molecule has 0 spiro atoms. The van der Waals surface area contributed by atoms with Crippen molar-refractivity contribution in [2.24, 2.45) is 0 Å². The first-order valence-electron chi connectivity index (χ1n) is 7.79. The van der Waals surface area contributed by atoms with Crippen LogP contribution in [0.2, 0.25) is 0 Å². The summed E-state index contributed by atoms with van der Waals surface area (Å²) >= 11 is 0. The highest BCUT2D eigenvalue weighted by atomic mass is 19.2. The number of hydrogen-bond donors (Lipinski definition) is 0. The molecule has 25 heavy (non-hydrogen) atoms. The minimum absolute atomic E-state index is 0.172. The van der Waals surface area contributed by atoms with Crippen molar-refractivity contribution in [2.75, 3.05) is 0 Å². The molecule has 0 bridgehead atoms. The molecule has 3 aromatic carbocycles. The minimum atomic E-state index is -1.02. The predicted octanol–water partition coefficient (Wildman–Crippen LogP) is 5.97. The summed E-state index contributed by atoms with van der Waals surface area (Å²) in [7, 11) is 0. The van der Waals surface area contributed by atoms with Crippen LogP contribution in [0.15, 0.2) is 78.9 Å². The Morgan fingerprint density at radius 2 is 1.48 bits per heavy atom. The Hall–Kier alpha value is -3.27. The van der Waals surface area contributed by atoms with Gasteiger partial charge in [-0.05, 0) is 24.3 Å². The van der Waals surface area contributed by atoms with E-state index in [1.165, 1.54) is 12.1 Å². The average molecular weight is 333 g/mol. The zero-order chi connectivity index (χ0) is 17.2. The molecular weight excluding hydrogens is 320 g/mol. The Morgan fingerprint density at radius 3 is 2.32 bits per heavy atom. The molecule has 2 nitrogen and oxygen atoms in total. The first-order valence-corrected chi connectivity index (χ1v) is 7.79. The van der Waals surface area contributed by atoms with Crippen LogP contribution in [-0.4, -0.2) is 4.98 Å². The lowest BCUT2D eigenvalue weighted by Gasteiger charge is -2.13. The molecule has 4 heteroatoms. The molecule has 1 heterocycles. The molecule has 1 aromatic heterocycles. The molecule has 0 saturated heterocycles. The topological polar surface area (TPSA) is 22.1 Å². The second-order valence-electron chi connectivity index (χ2n) is 5.55. The number of benzene rings is 3. The number of aromatic nitrogens is 1. The second kappa shape index (κ2) is 6.32. The molecule has 0 aliphatic heterocycles. The molecule has 0 N–H and O–H groups in total. The van der Waals surface area contributed by atoms with Crippen molar-refractivity contribution in [2.45, 2.75) is 0 Å². The van der Waals surface area contributed by atoms with Gasteiger partial charge in [0, 0.05) is 10.9 Å². The van der Waals surface area contributed by atoms with E-state index in [1.54, 1.807) is 6.07 Å². The van der Waals surface area contributed by atoms with E-state index in [2.05, 4.69) is 4.98 Å². The summed E-state index contributed by atoms with van der Waals surface area (Å²) in [6, 6.07) is 22.7. The van der Waals surface area contributed by atoms with Gasteiger partial charge in [-0.2, -0.15) is 4.39 Å². The second-order valence-corrected chi connectivity index (χ2v) is 5.55. The van der Waals surface area contributed by atoms with Gasteiger partial charge >= 0.3 is 0 Å². The Balaban J connectivity index is 1.90. The highest BCUT2D eigenvalue weighted by molar-refractivity contribution is 5.85. The van der Waals surface area contributed by atoms with Gasteiger partial charge in [-0.1, -0.05) is 54.6 Å². The molecule has 0 radical (unpaired) electrons. The Morgan fingerprint density at radius 1 is 0.720 bits per heavy atom. The van der Waals surface area contributed by atoms with Gasteiger partial charge in [0.2, 0.25) is 5.82 Å². The van der Waals surface area contributed by atoms with Crippen molar-refractivity contribution in [1.29, 1.82) is 0 Å². The van der Waals surface area contributed by atoms with Crippen LogP contribution in [0.3, 0.4) is 0 Å². The largest absolute Gasteiger partial charge is 0.452 e. The van der Waals surface area contributed by atoms with Crippen LogP contribution >= 0.6 is 0 Å². The van der Waals surface area contributed by atoms with Crippen LogP contribution < -0.4 is 4.74 Å². The fourth-order valence-corrected chi connectivity index (χ4v) is 2.66. The lowest BCUT2D eigenvalue weighted by Crippen LogP contribution is -1.96. The normalized spacial score (nSPS) is 10.8. The van der Waals surface area contributed by atoms with Crippen LogP contribution in [0.1, 0.15) is 0 Å². The fraction of sp³-hybridized carbons (Fsp3) is 0. The van der Waals surface area contributed by atoms with Crippen LogP contribution in [-0.2, 0) is 0 Å².